The normalized spacial score (nSPS) is 14.0. The first-order valence-corrected chi connectivity index (χ1v) is 5.60. The van der Waals surface area contributed by atoms with E-state index in [9.17, 15) is 5.11 Å². The average Bonchev–Trinajstić information content (AvgIpc) is 2.34. The molecule has 0 spiro atoms. The third-order valence-electron chi connectivity index (χ3n) is 2.52. The van der Waals surface area contributed by atoms with Crippen molar-refractivity contribution >= 4 is 11.6 Å². The number of methoxy groups -OCH3 is 2. The van der Waals surface area contributed by atoms with Crippen molar-refractivity contribution in [3.8, 4) is 5.75 Å². The van der Waals surface area contributed by atoms with Crippen LogP contribution in [0.3, 0.4) is 0 Å². The molecule has 4 N–H and O–H groups in total. The highest BCUT2D eigenvalue weighted by molar-refractivity contribution is 5.61. The van der Waals surface area contributed by atoms with Gasteiger partial charge in [-0.3, -0.25) is 0 Å². The zero-order valence-electron chi connectivity index (χ0n) is 10.9. The molecule has 1 unspecified atom stereocenters. The smallest absolute Gasteiger partial charge is 0.203 e. The van der Waals surface area contributed by atoms with Gasteiger partial charge in [0.2, 0.25) is 5.75 Å². The number of nitrogens with zero attached hydrogens (tertiary/aromatic N) is 2. The number of aromatic nitrogens is 2. The predicted molar refractivity (Wildman–Crippen MR) is 68.6 cm³/mol. The maximum atomic E-state index is 10.1. The van der Waals surface area contributed by atoms with Gasteiger partial charge in [-0.15, -0.1) is 0 Å². The van der Waals surface area contributed by atoms with Crippen LogP contribution in [0.5, 0.6) is 5.75 Å². The molecule has 0 aromatic carbocycles. The highest BCUT2D eigenvalue weighted by atomic mass is 16.5. The van der Waals surface area contributed by atoms with Crippen molar-refractivity contribution in [1.82, 2.24) is 9.97 Å². The van der Waals surface area contributed by atoms with Gasteiger partial charge in [-0.1, -0.05) is 0 Å². The molecule has 7 heteroatoms. The molecule has 7 nitrogen and oxygen atoms in total. The molecule has 1 rings (SSSR count). The third kappa shape index (κ3) is 4.01. The molecule has 0 saturated carbocycles. The van der Waals surface area contributed by atoms with E-state index in [0.717, 1.165) is 0 Å². The molecule has 0 bridgehead atoms. The highest BCUT2D eigenvalue weighted by Gasteiger charge is 2.21. The number of ether oxygens (including phenoxy) is 2. The van der Waals surface area contributed by atoms with E-state index < -0.39 is 5.60 Å². The number of hydrogen-bond donors (Lipinski definition) is 3. The van der Waals surface area contributed by atoms with Gasteiger partial charge in [0, 0.05) is 26.7 Å². The summed E-state index contributed by atoms with van der Waals surface area (Å²) in [4.78, 5) is 7.85. The largest absolute Gasteiger partial charge is 0.490 e. The van der Waals surface area contributed by atoms with E-state index in [1.165, 1.54) is 13.4 Å². The van der Waals surface area contributed by atoms with Crippen molar-refractivity contribution in [3.63, 3.8) is 0 Å². The summed E-state index contributed by atoms with van der Waals surface area (Å²) in [5.41, 5.74) is 4.75. The molecule has 18 heavy (non-hydrogen) atoms. The van der Waals surface area contributed by atoms with Gasteiger partial charge in [-0.2, -0.15) is 0 Å². The van der Waals surface area contributed by atoms with Crippen LogP contribution in [-0.2, 0) is 4.74 Å². The van der Waals surface area contributed by atoms with Gasteiger partial charge in [0.1, 0.15) is 6.33 Å². The van der Waals surface area contributed by atoms with Crippen molar-refractivity contribution in [3.05, 3.63) is 6.33 Å². The molecule has 0 amide bonds. The van der Waals surface area contributed by atoms with E-state index in [2.05, 4.69) is 15.3 Å². The molecule has 0 radical (unpaired) electrons. The van der Waals surface area contributed by atoms with E-state index in [1.807, 2.05) is 0 Å². The fourth-order valence-corrected chi connectivity index (χ4v) is 1.40. The third-order valence-corrected chi connectivity index (χ3v) is 2.52. The van der Waals surface area contributed by atoms with Gasteiger partial charge in [0.05, 0.1) is 12.7 Å². The number of anilines is 2. The van der Waals surface area contributed by atoms with Crippen molar-refractivity contribution in [2.45, 2.75) is 18.9 Å². The zero-order chi connectivity index (χ0) is 13.6. The topological polar surface area (TPSA) is 103 Å². The monoisotopic (exact) mass is 256 g/mol. The van der Waals surface area contributed by atoms with Crippen LogP contribution in [0.2, 0.25) is 0 Å². The van der Waals surface area contributed by atoms with Crippen molar-refractivity contribution in [1.29, 1.82) is 0 Å². The van der Waals surface area contributed by atoms with Gasteiger partial charge in [-0.05, 0) is 6.92 Å². The summed E-state index contributed by atoms with van der Waals surface area (Å²) >= 11 is 0. The summed E-state index contributed by atoms with van der Waals surface area (Å²) in [6, 6.07) is 0. The maximum Gasteiger partial charge on any atom is 0.203 e. The number of rotatable bonds is 7. The van der Waals surface area contributed by atoms with Crippen LogP contribution in [0.1, 0.15) is 13.3 Å². The minimum Gasteiger partial charge on any atom is -0.490 e. The molecule has 1 aromatic rings. The first-order chi connectivity index (χ1) is 8.50. The van der Waals surface area contributed by atoms with Crippen LogP contribution in [0.15, 0.2) is 6.33 Å². The Kier molecular flexibility index (Phi) is 5.11. The van der Waals surface area contributed by atoms with E-state index in [-0.39, 0.29) is 5.82 Å². The first kappa shape index (κ1) is 14.5. The van der Waals surface area contributed by atoms with Gasteiger partial charge in [-0.25, -0.2) is 9.97 Å². The molecular weight excluding hydrogens is 236 g/mol. The van der Waals surface area contributed by atoms with E-state index in [0.29, 0.717) is 31.1 Å². The van der Waals surface area contributed by atoms with Crippen molar-refractivity contribution < 1.29 is 14.6 Å². The van der Waals surface area contributed by atoms with Gasteiger partial charge in [0.25, 0.3) is 0 Å². The summed E-state index contributed by atoms with van der Waals surface area (Å²) in [7, 11) is 3.08. The molecule has 0 aliphatic carbocycles. The second-order valence-corrected chi connectivity index (χ2v) is 4.23. The summed E-state index contributed by atoms with van der Waals surface area (Å²) in [5, 5.41) is 13.1. The summed E-state index contributed by atoms with van der Waals surface area (Å²) < 4.78 is 10.0. The molecule has 102 valence electrons. The fourth-order valence-electron chi connectivity index (χ4n) is 1.40. The quantitative estimate of drug-likeness (QED) is 0.643. The number of hydrogen-bond acceptors (Lipinski definition) is 7. The number of nitrogens with two attached hydrogens (primary N) is 1. The lowest BCUT2D eigenvalue weighted by molar-refractivity contribution is 0.0356. The molecule has 0 aliphatic heterocycles. The minimum absolute atomic E-state index is 0.256. The molecule has 0 saturated heterocycles. The Bertz CT molecular complexity index is 385. The molecule has 1 atom stereocenters. The Morgan fingerprint density at radius 1 is 1.44 bits per heavy atom. The van der Waals surface area contributed by atoms with E-state index in [1.54, 1.807) is 14.0 Å². The van der Waals surface area contributed by atoms with Crippen molar-refractivity contribution in [2.24, 2.45) is 0 Å². The molecule has 1 heterocycles. The summed E-state index contributed by atoms with van der Waals surface area (Å²) in [6.45, 7) is 2.51. The standard InChI is InChI=1S/C11H20N4O3/c1-11(16,4-5-17-2)6-13-10-8(18-3)9(12)14-7-15-10/h7,16H,4-6H2,1-3H3,(H3,12,13,14,15). The van der Waals surface area contributed by atoms with Gasteiger partial charge in [0.15, 0.2) is 11.6 Å². The number of aliphatic hydroxyl groups is 1. The Morgan fingerprint density at radius 2 is 2.17 bits per heavy atom. The van der Waals surface area contributed by atoms with Gasteiger partial charge >= 0.3 is 0 Å². The first-order valence-electron chi connectivity index (χ1n) is 5.60. The lowest BCUT2D eigenvalue weighted by Gasteiger charge is -2.24. The Hall–Kier alpha value is -1.60. The Balaban J connectivity index is 2.65. The number of nitrogen functional groups attached to an aromatic ring is 1. The summed E-state index contributed by atoms with van der Waals surface area (Å²) in [5.74, 6) is 1.09. The highest BCUT2D eigenvalue weighted by Crippen LogP contribution is 2.26. The Labute approximate surface area is 106 Å². The van der Waals surface area contributed by atoms with E-state index >= 15 is 0 Å². The van der Waals surface area contributed by atoms with Crippen molar-refractivity contribution in [2.75, 3.05) is 38.4 Å². The van der Waals surface area contributed by atoms with Crippen LogP contribution < -0.4 is 15.8 Å². The SMILES string of the molecule is COCCC(C)(O)CNc1ncnc(N)c1OC. The van der Waals surface area contributed by atoms with Crippen LogP contribution >= 0.6 is 0 Å². The minimum atomic E-state index is -0.902. The second kappa shape index (κ2) is 6.36. The van der Waals surface area contributed by atoms with E-state index in [4.69, 9.17) is 15.2 Å². The summed E-state index contributed by atoms with van der Waals surface area (Å²) in [6.07, 6.45) is 1.85. The van der Waals surface area contributed by atoms with Crippen LogP contribution in [0.4, 0.5) is 11.6 Å². The second-order valence-electron chi connectivity index (χ2n) is 4.23. The molecule has 0 aliphatic rings. The molecular formula is C11H20N4O3. The predicted octanol–water partition coefficient (Wildman–Crippen LogP) is 0.267. The van der Waals surface area contributed by atoms with Crippen LogP contribution in [0.25, 0.3) is 0 Å². The molecule has 0 fully saturated rings. The lowest BCUT2D eigenvalue weighted by Crippen LogP contribution is -2.35. The average molecular weight is 256 g/mol. The zero-order valence-corrected chi connectivity index (χ0v) is 10.9. The Morgan fingerprint density at radius 3 is 2.78 bits per heavy atom. The maximum absolute atomic E-state index is 10.1. The number of nitrogens with one attached hydrogen (secondary N) is 1. The lowest BCUT2D eigenvalue weighted by atomic mass is 10.0. The van der Waals surface area contributed by atoms with Crippen LogP contribution in [-0.4, -0.2) is 48.0 Å². The van der Waals surface area contributed by atoms with Gasteiger partial charge < -0.3 is 25.6 Å². The van der Waals surface area contributed by atoms with Crippen LogP contribution in [0, 0.1) is 0 Å². The fraction of sp³-hybridized carbons (Fsp3) is 0.636. The molecule has 1 aromatic heterocycles.